The van der Waals surface area contributed by atoms with E-state index < -0.39 is 0 Å². The number of piperidine rings is 1. The first kappa shape index (κ1) is 21.0. The fourth-order valence-electron chi connectivity index (χ4n) is 4.69. The van der Waals surface area contributed by atoms with E-state index in [0.717, 1.165) is 58.4 Å². The van der Waals surface area contributed by atoms with E-state index in [1.165, 1.54) is 0 Å². The smallest absolute Gasteiger partial charge is 0.227 e. The normalized spacial score (nSPS) is 16.2. The molecule has 1 aliphatic heterocycles. The van der Waals surface area contributed by atoms with E-state index in [1.54, 1.807) is 13.3 Å². The second-order valence-electron chi connectivity index (χ2n) is 8.47. The number of rotatable bonds is 5. The molecule has 3 N–H and O–H groups in total. The van der Waals surface area contributed by atoms with Crippen molar-refractivity contribution < 1.29 is 9.53 Å². The SMILES string of the molecule is COc1ccc(-c2cnc(N)nc2[C@H]2CCCN(C(=O)Cc3c[nH]c4ccccc34)C2)cc1. The van der Waals surface area contributed by atoms with Crippen LogP contribution in [0.3, 0.4) is 0 Å². The van der Waals surface area contributed by atoms with Gasteiger partial charge < -0.3 is 20.4 Å². The predicted molar refractivity (Wildman–Crippen MR) is 129 cm³/mol. The van der Waals surface area contributed by atoms with Crippen molar-refractivity contribution in [2.45, 2.75) is 25.2 Å². The lowest BCUT2D eigenvalue weighted by molar-refractivity contribution is -0.131. The molecule has 2 aromatic heterocycles. The van der Waals surface area contributed by atoms with Gasteiger partial charge in [-0.3, -0.25) is 4.79 Å². The van der Waals surface area contributed by atoms with Crippen LogP contribution in [-0.4, -0.2) is 46.0 Å². The second-order valence-corrected chi connectivity index (χ2v) is 8.47. The Morgan fingerprint density at radius 3 is 2.85 bits per heavy atom. The number of ether oxygens (including phenoxy) is 1. The van der Waals surface area contributed by atoms with Gasteiger partial charge in [-0.2, -0.15) is 0 Å². The van der Waals surface area contributed by atoms with Crippen molar-refractivity contribution in [2.24, 2.45) is 0 Å². The first-order valence-electron chi connectivity index (χ1n) is 11.2. The Labute approximate surface area is 192 Å². The molecule has 0 saturated carbocycles. The van der Waals surface area contributed by atoms with Gasteiger partial charge in [-0.1, -0.05) is 30.3 Å². The number of H-pyrrole nitrogens is 1. The van der Waals surface area contributed by atoms with Gasteiger partial charge in [0, 0.05) is 47.9 Å². The zero-order valence-corrected chi connectivity index (χ0v) is 18.6. The van der Waals surface area contributed by atoms with E-state index in [1.807, 2.05) is 53.6 Å². The number of hydrogen-bond donors (Lipinski definition) is 2. The molecule has 7 heteroatoms. The number of nitrogens with one attached hydrogen (secondary N) is 1. The topological polar surface area (TPSA) is 97.1 Å². The summed E-state index contributed by atoms with van der Waals surface area (Å²) >= 11 is 0. The minimum absolute atomic E-state index is 0.105. The molecule has 0 radical (unpaired) electrons. The molecular formula is C26H27N5O2. The monoisotopic (exact) mass is 441 g/mol. The number of carbonyl (C=O) groups excluding carboxylic acids is 1. The van der Waals surface area contributed by atoms with Crippen molar-refractivity contribution >= 4 is 22.8 Å². The van der Waals surface area contributed by atoms with E-state index in [2.05, 4.69) is 21.0 Å². The molecule has 2 aromatic carbocycles. The standard InChI is InChI=1S/C26H27N5O2/c1-33-20-10-8-17(9-11-20)22-15-29-26(27)30-25(22)18-5-4-12-31(16-18)24(32)13-19-14-28-23-7-3-2-6-21(19)23/h2-3,6-11,14-15,18,28H,4-5,12-13,16H2,1H3,(H2,27,29,30)/t18-/m0/s1. The number of nitrogens with two attached hydrogens (primary N) is 1. The number of aromatic amines is 1. The highest BCUT2D eigenvalue weighted by molar-refractivity contribution is 5.89. The van der Waals surface area contributed by atoms with Crippen LogP contribution in [0.25, 0.3) is 22.0 Å². The summed E-state index contributed by atoms with van der Waals surface area (Å²) in [5.41, 5.74) is 10.9. The average Bonchev–Trinajstić information content (AvgIpc) is 3.27. The quantitative estimate of drug-likeness (QED) is 0.485. The second kappa shape index (κ2) is 8.94. The van der Waals surface area contributed by atoms with Crippen LogP contribution in [0, 0.1) is 0 Å². The van der Waals surface area contributed by atoms with Crippen LogP contribution < -0.4 is 10.5 Å². The van der Waals surface area contributed by atoms with Crippen molar-refractivity contribution in [3.63, 3.8) is 0 Å². The van der Waals surface area contributed by atoms with Gasteiger partial charge in [0.05, 0.1) is 19.2 Å². The number of benzene rings is 2. The molecule has 0 bridgehead atoms. The third-order valence-electron chi connectivity index (χ3n) is 6.42. The maximum atomic E-state index is 13.2. The number of fused-ring (bicyclic) bond motifs is 1. The maximum absolute atomic E-state index is 13.2. The van der Waals surface area contributed by atoms with Crippen molar-refractivity contribution in [1.29, 1.82) is 0 Å². The predicted octanol–water partition coefficient (Wildman–Crippen LogP) is 4.16. The van der Waals surface area contributed by atoms with Crippen molar-refractivity contribution in [1.82, 2.24) is 19.9 Å². The molecular weight excluding hydrogens is 414 g/mol. The van der Waals surface area contributed by atoms with Crippen LogP contribution in [0.1, 0.15) is 30.0 Å². The van der Waals surface area contributed by atoms with Gasteiger partial charge in [0.2, 0.25) is 11.9 Å². The molecule has 0 aliphatic carbocycles. The number of anilines is 1. The van der Waals surface area contributed by atoms with Crippen molar-refractivity contribution in [3.8, 4) is 16.9 Å². The summed E-state index contributed by atoms with van der Waals surface area (Å²) in [7, 11) is 1.65. The molecule has 5 rings (SSSR count). The number of aromatic nitrogens is 3. The van der Waals surface area contributed by atoms with Crippen LogP contribution in [0.15, 0.2) is 60.9 Å². The molecule has 3 heterocycles. The third-order valence-corrected chi connectivity index (χ3v) is 6.42. The molecule has 1 amide bonds. The number of methoxy groups -OCH3 is 1. The van der Waals surface area contributed by atoms with Crippen molar-refractivity contribution in [3.05, 3.63) is 72.2 Å². The zero-order valence-electron chi connectivity index (χ0n) is 18.6. The van der Waals surface area contributed by atoms with Crippen LogP contribution in [-0.2, 0) is 11.2 Å². The van der Waals surface area contributed by atoms with Crippen LogP contribution in [0.5, 0.6) is 5.75 Å². The van der Waals surface area contributed by atoms with E-state index >= 15 is 0 Å². The Hall–Kier alpha value is -3.87. The van der Waals surface area contributed by atoms with Gasteiger partial charge in [-0.25, -0.2) is 9.97 Å². The van der Waals surface area contributed by atoms with Gasteiger partial charge in [0.15, 0.2) is 0 Å². The number of carbonyl (C=O) groups is 1. The minimum Gasteiger partial charge on any atom is -0.497 e. The fourth-order valence-corrected chi connectivity index (χ4v) is 4.69. The van der Waals surface area contributed by atoms with Crippen LogP contribution >= 0.6 is 0 Å². The maximum Gasteiger partial charge on any atom is 0.227 e. The molecule has 1 aliphatic rings. The highest BCUT2D eigenvalue weighted by Crippen LogP contribution is 2.34. The largest absolute Gasteiger partial charge is 0.497 e. The number of nitrogens with zero attached hydrogens (tertiary/aromatic N) is 3. The lowest BCUT2D eigenvalue weighted by Gasteiger charge is -2.33. The van der Waals surface area contributed by atoms with Gasteiger partial charge in [-0.15, -0.1) is 0 Å². The Bertz CT molecular complexity index is 1280. The first-order valence-corrected chi connectivity index (χ1v) is 11.2. The summed E-state index contributed by atoms with van der Waals surface area (Å²) in [5.74, 6) is 1.29. The van der Waals surface area contributed by atoms with Crippen LogP contribution in [0.2, 0.25) is 0 Å². The molecule has 0 spiro atoms. The molecule has 33 heavy (non-hydrogen) atoms. The zero-order chi connectivity index (χ0) is 22.8. The number of amides is 1. The number of likely N-dealkylation sites (tertiary alicyclic amines) is 1. The molecule has 1 saturated heterocycles. The van der Waals surface area contributed by atoms with Crippen molar-refractivity contribution in [2.75, 3.05) is 25.9 Å². The Morgan fingerprint density at radius 2 is 2.03 bits per heavy atom. The summed E-state index contributed by atoms with van der Waals surface area (Å²) < 4.78 is 5.28. The van der Waals surface area contributed by atoms with Gasteiger partial charge in [-0.05, 0) is 42.2 Å². The van der Waals surface area contributed by atoms with Gasteiger partial charge in [0.25, 0.3) is 0 Å². The Morgan fingerprint density at radius 1 is 1.21 bits per heavy atom. The summed E-state index contributed by atoms with van der Waals surface area (Å²) in [5, 5.41) is 1.10. The fraction of sp³-hybridized carbons (Fsp3) is 0.269. The Kier molecular flexibility index (Phi) is 5.69. The summed E-state index contributed by atoms with van der Waals surface area (Å²) in [6.45, 7) is 1.39. The van der Waals surface area contributed by atoms with E-state index in [0.29, 0.717) is 13.0 Å². The van der Waals surface area contributed by atoms with E-state index in [-0.39, 0.29) is 17.8 Å². The third kappa shape index (κ3) is 4.26. The molecule has 0 unspecified atom stereocenters. The summed E-state index contributed by atoms with van der Waals surface area (Å²) in [4.78, 5) is 27.3. The van der Waals surface area contributed by atoms with E-state index in [4.69, 9.17) is 10.5 Å². The molecule has 4 aromatic rings. The minimum atomic E-state index is 0.105. The Balaban J connectivity index is 1.38. The summed E-state index contributed by atoms with van der Waals surface area (Å²) in [6, 6.07) is 15.9. The van der Waals surface area contributed by atoms with E-state index in [9.17, 15) is 4.79 Å². The first-order chi connectivity index (χ1) is 16.1. The van der Waals surface area contributed by atoms with Gasteiger partial charge in [0.1, 0.15) is 5.75 Å². The van der Waals surface area contributed by atoms with Gasteiger partial charge >= 0.3 is 0 Å². The lowest BCUT2D eigenvalue weighted by atomic mass is 9.89. The number of para-hydroxylation sites is 1. The summed E-state index contributed by atoms with van der Waals surface area (Å²) in [6.07, 6.45) is 5.99. The number of nitrogen functional groups attached to an aromatic ring is 1. The molecule has 168 valence electrons. The van der Waals surface area contributed by atoms with Crippen LogP contribution in [0.4, 0.5) is 5.95 Å². The average molecular weight is 442 g/mol. The molecule has 1 fully saturated rings. The molecule has 7 nitrogen and oxygen atoms in total. The lowest BCUT2D eigenvalue weighted by Crippen LogP contribution is -2.40. The highest BCUT2D eigenvalue weighted by Gasteiger charge is 2.28. The molecule has 1 atom stereocenters. The highest BCUT2D eigenvalue weighted by atomic mass is 16.5. The number of hydrogen-bond acceptors (Lipinski definition) is 5.